The summed E-state index contributed by atoms with van der Waals surface area (Å²) in [6.07, 6.45) is 0. The van der Waals surface area contributed by atoms with Gasteiger partial charge in [-0.1, -0.05) is 17.7 Å². The molecule has 0 spiro atoms. The summed E-state index contributed by atoms with van der Waals surface area (Å²) in [6, 6.07) is 1.58. The fourth-order valence-electron chi connectivity index (χ4n) is 0.488. The SMILES string of the molecule is OB(O)c1ccsc1Cl. The minimum atomic E-state index is -1.44. The normalized spacial score (nSPS) is 9.67. The molecule has 2 N–H and O–H groups in total. The summed E-state index contributed by atoms with van der Waals surface area (Å²) in [5, 5.41) is 18.8. The molecule has 0 bridgehead atoms. The smallest absolute Gasteiger partial charge is 0.423 e. The van der Waals surface area contributed by atoms with E-state index in [4.69, 9.17) is 21.6 Å². The molecule has 0 aliphatic rings. The van der Waals surface area contributed by atoms with Crippen molar-refractivity contribution in [2.45, 2.75) is 0 Å². The van der Waals surface area contributed by atoms with Crippen LogP contribution in [0.25, 0.3) is 0 Å². The molecule has 0 aromatic carbocycles. The molecule has 0 saturated carbocycles. The molecule has 9 heavy (non-hydrogen) atoms. The van der Waals surface area contributed by atoms with E-state index in [1.807, 2.05) is 0 Å². The van der Waals surface area contributed by atoms with Gasteiger partial charge >= 0.3 is 7.12 Å². The van der Waals surface area contributed by atoms with Crippen molar-refractivity contribution in [3.05, 3.63) is 15.8 Å². The van der Waals surface area contributed by atoms with Crippen molar-refractivity contribution in [1.29, 1.82) is 0 Å². The van der Waals surface area contributed by atoms with Gasteiger partial charge in [0.1, 0.15) is 0 Å². The number of rotatable bonds is 1. The third kappa shape index (κ3) is 1.46. The van der Waals surface area contributed by atoms with Gasteiger partial charge in [-0.05, 0) is 5.38 Å². The van der Waals surface area contributed by atoms with Gasteiger partial charge in [-0.3, -0.25) is 0 Å². The third-order valence-electron chi connectivity index (χ3n) is 0.924. The average molecular weight is 162 g/mol. The van der Waals surface area contributed by atoms with Crippen LogP contribution in [-0.4, -0.2) is 17.2 Å². The van der Waals surface area contributed by atoms with Gasteiger partial charge in [0, 0.05) is 5.46 Å². The molecule has 48 valence electrons. The predicted molar refractivity (Wildman–Crippen MR) is 39.2 cm³/mol. The molecule has 0 atom stereocenters. The summed E-state index contributed by atoms with van der Waals surface area (Å²) in [4.78, 5) is 0. The molecule has 1 aromatic heterocycles. The predicted octanol–water partition coefficient (Wildman–Crippen LogP) is 0.0813. The van der Waals surface area contributed by atoms with E-state index in [-0.39, 0.29) is 0 Å². The first-order valence-corrected chi connectivity index (χ1v) is 3.56. The lowest BCUT2D eigenvalue weighted by molar-refractivity contribution is 0.426. The van der Waals surface area contributed by atoms with Gasteiger partial charge in [-0.15, -0.1) is 11.3 Å². The quantitative estimate of drug-likeness (QED) is 0.574. The van der Waals surface area contributed by atoms with Crippen molar-refractivity contribution in [1.82, 2.24) is 0 Å². The van der Waals surface area contributed by atoms with E-state index in [0.717, 1.165) is 0 Å². The van der Waals surface area contributed by atoms with E-state index < -0.39 is 7.12 Å². The largest absolute Gasteiger partial charge is 0.490 e. The van der Waals surface area contributed by atoms with Crippen LogP contribution >= 0.6 is 22.9 Å². The maximum atomic E-state index is 8.57. The highest BCUT2D eigenvalue weighted by atomic mass is 35.5. The number of halogens is 1. The Morgan fingerprint density at radius 2 is 2.22 bits per heavy atom. The second-order valence-corrected chi connectivity index (χ2v) is 3.04. The molecular formula is C4H4BClO2S. The molecule has 0 aliphatic heterocycles. The van der Waals surface area contributed by atoms with Crippen molar-refractivity contribution in [2.75, 3.05) is 0 Å². The standard InChI is InChI=1S/C4H4BClO2S/c6-4-3(5(7)8)1-2-9-4/h1-2,7-8H. The first kappa shape index (κ1) is 7.09. The molecule has 0 aliphatic carbocycles. The van der Waals surface area contributed by atoms with E-state index in [2.05, 4.69) is 0 Å². The summed E-state index contributed by atoms with van der Waals surface area (Å²) in [5.74, 6) is 0. The van der Waals surface area contributed by atoms with Gasteiger partial charge in [0.05, 0.1) is 4.34 Å². The number of hydrogen-bond donors (Lipinski definition) is 2. The van der Waals surface area contributed by atoms with Crippen LogP contribution in [0.3, 0.4) is 0 Å². The molecule has 0 unspecified atom stereocenters. The Bertz CT molecular complexity index is 200. The zero-order valence-electron chi connectivity index (χ0n) is 4.41. The van der Waals surface area contributed by atoms with Gasteiger partial charge in [0.2, 0.25) is 0 Å². The molecule has 0 radical (unpaired) electrons. The summed E-state index contributed by atoms with van der Waals surface area (Å²) in [6.45, 7) is 0. The summed E-state index contributed by atoms with van der Waals surface area (Å²) in [7, 11) is -1.44. The monoisotopic (exact) mass is 162 g/mol. The average Bonchev–Trinajstić information content (AvgIpc) is 2.13. The van der Waals surface area contributed by atoms with Crippen molar-refractivity contribution in [3.63, 3.8) is 0 Å². The molecule has 0 saturated heterocycles. The summed E-state index contributed by atoms with van der Waals surface area (Å²) < 4.78 is 0.435. The lowest BCUT2D eigenvalue weighted by Gasteiger charge is -1.91. The molecule has 1 aromatic rings. The minimum absolute atomic E-state index is 0.377. The molecule has 0 fully saturated rings. The Morgan fingerprint density at radius 3 is 2.44 bits per heavy atom. The Kier molecular flexibility index (Phi) is 2.13. The Morgan fingerprint density at radius 1 is 1.56 bits per heavy atom. The second kappa shape index (κ2) is 2.71. The lowest BCUT2D eigenvalue weighted by atomic mass is 9.83. The number of thiophene rings is 1. The topological polar surface area (TPSA) is 40.5 Å². The van der Waals surface area contributed by atoms with Crippen molar-refractivity contribution in [2.24, 2.45) is 0 Å². The third-order valence-corrected chi connectivity index (χ3v) is 2.12. The van der Waals surface area contributed by atoms with Gasteiger partial charge in [0.25, 0.3) is 0 Å². The van der Waals surface area contributed by atoms with Crippen LogP contribution in [0.2, 0.25) is 4.34 Å². The summed E-state index contributed by atoms with van der Waals surface area (Å²) >= 11 is 6.81. The first-order valence-electron chi connectivity index (χ1n) is 2.31. The van der Waals surface area contributed by atoms with Crippen LogP contribution in [0.4, 0.5) is 0 Å². The van der Waals surface area contributed by atoms with Crippen molar-refractivity contribution in [3.8, 4) is 0 Å². The Labute approximate surface area is 61.9 Å². The fraction of sp³-hybridized carbons (Fsp3) is 0. The zero-order chi connectivity index (χ0) is 6.85. The van der Waals surface area contributed by atoms with Crippen LogP contribution in [0.15, 0.2) is 11.4 Å². The van der Waals surface area contributed by atoms with Crippen LogP contribution < -0.4 is 5.46 Å². The minimum Gasteiger partial charge on any atom is -0.423 e. The highest BCUT2D eigenvalue weighted by Crippen LogP contribution is 2.12. The first-order chi connectivity index (χ1) is 4.22. The van der Waals surface area contributed by atoms with E-state index in [1.54, 1.807) is 11.4 Å². The Balaban J connectivity index is 2.94. The lowest BCUT2D eigenvalue weighted by Crippen LogP contribution is -2.28. The maximum Gasteiger partial charge on any atom is 0.490 e. The molecular weight excluding hydrogens is 158 g/mol. The van der Waals surface area contributed by atoms with Gasteiger partial charge in [-0.2, -0.15) is 0 Å². The molecule has 1 rings (SSSR count). The van der Waals surface area contributed by atoms with Crippen molar-refractivity contribution < 1.29 is 10.0 Å². The molecule has 1 heterocycles. The van der Waals surface area contributed by atoms with Crippen molar-refractivity contribution >= 4 is 35.5 Å². The molecule has 2 nitrogen and oxygen atoms in total. The molecule has 5 heteroatoms. The van der Waals surface area contributed by atoms with Gasteiger partial charge in [-0.25, -0.2) is 0 Å². The Hall–Kier alpha value is -0.0251. The van der Waals surface area contributed by atoms with E-state index >= 15 is 0 Å². The van der Waals surface area contributed by atoms with Gasteiger partial charge in [0.15, 0.2) is 0 Å². The van der Waals surface area contributed by atoms with Crippen LogP contribution in [0, 0.1) is 0 Å². The highest BCUT2D eigenvalue weighted by molar-refractivity contribution is 7.16. The van der Waals surface area contributed by atoms with Crippen LogP contribution in [0.1, 0.15) is 0 Å². The zero-order valence-corrected chi connectivity index (χ0v) is 5.99. The second-order valence-electron chi connectivity index (χ2n) is 1.52. The van der Waals surface area contributed by atoms with E-state index in [9.17, 15) is 0 Å². The fourth-order valence-corrected chi connectivity index (χ4v) is 1.45. The maximum absolute atomic E-state index is 8.57. The molecule has 0 amide bonds. The van der Waals surface area contributed by atoms with Crippen LogP contribution in [0.5, 0.6) is 0 Å². The van der Waals surface area contributed by atoms with Crippen LogP contribution in [-0.2, 0) is 0 Å². The highest BCUT2D eigenvalue weighted by Gasteiger charge is 2.14. The van der Waals surface area contributed by atoms with Gasteiger partial charge < -0.3 is 10.0 Å². The van der Waals surface area contributed by atoms with E-state index in [0.29, 0.717) is 9.80 Å². The summed E-state index contributed by atoms with van der Waals surface area (Å²) in [5.41, 5.74) is 0.377. The number of hydrogen-bond acceptors (Lipinski definition) is 3. The van der Waals surface area contributed by atoms with E-state index in [1.165, 1.54) is 11.3 Å².